The van der Waals surface area contributed by atoms with Gasteiger partial charge in [0.25, 0.3) is 0 Å². The van der Waals surface area contributed by atoms with Gasteiger partial charge in [0.05, 0.1) is 12.4 Å². The monoisotopic (exact) mass is 109 g/mol. The molecule has 0 aliphatic heterocycles. The number of H-pyrrole nitrogens is 1. The van der Waals surface area contributed by atoms with Crippen molar-refractivity contribution in [3.05, 3.63) is 12.4 Å². The molecule has 0 amide bonds. The molecule has 0 fully saturated rings. The van der Waals surface area contributed by atoms with Crippen molar-refractivity contribution < 1.29 is 52.8 Å². The number of hydrogen-bond donors (Lipinski definition) is 1. The van der Waals surface area contributed by atoms with E-state index in [9.17, 15) is 0 Å². The quantitative estimate of drug-likeness (QED) is 0.359. The average Bonchev–Trinajstić information content (AvgIpc) is 1.76. The van der Waals surface area contributed by atoms with Gasteiger partial charge < -0.3 is 1.43 Å². The van der Waals surface area contributed by atoms with Gasteiger partial charge in [-0.2, -0.15) is 15.4 Å². The van der Waals surface area contributed by atoms with E-state index in [0.717, 1.165) is 0 Å². The SMILES string of the molecule is [H-].[K+].c1cn[nH]n1. The first-order valence-corrected chi connectivity index (χ1v) is 1.30. The van der Waals surface area contributed by atoms with Gasteiger partial charge in [-0.25, -0.2) is 0 Å². The van der Waals surface area contributed by atoms with Gasteiger partial charge in [-0.05, 0) is 0 Å². The molecule has 0 saturated heterocycles. The Labute approximate surface area is 79.4 Å². The van der Waals surface area contributed by atoms with Gasteiger partial charge in [0.1, 0.15) is 0 Å². The molecule has 0 aliphatic rings. The summed E-state index contributed by atoms with van der Waals surface area (Å²) in [5.74, 6) is 0. The Morgan fingerprint density at radius 2 is 1.83 bits per heavy atom. The van der Waals surface area contributed by atoms with E-state index in [0.29, 0.717) is 0 Å². The molecule has 0 spiro atoms. The smallest absolute Gasteiger partial charge is 1.00 e. The van der Waals surface area contributed by atoms with Crippen LogP contribution >= 0.6 is 0 Å². The summed E-state index contributed by atoms with van der Waals surface area (Å²) in [7, 11) is 0. The Morgan fingerprint density at radius 1 is 1.33 bits per heavy atom. The Hall–Kier alpha value is 0.776. The molecule has 1 N–H and O–H groups in total. The van der Waals surface area contributed by atoms with Crippen LogP contribution in [0.5, 0.6) is 0 Å². The normalized spacial score (nSPS) is 6.67. The second-order valence-corrected chi connectivity index (χ2v) is 0.656. The largest absolute Gasteiger partial charge is 1.00 e. The minimum Gasteiger partial charge on any atom is -1.00 e. The van der Waals surface area contributed by atoms with E-state index >= 15 is 0 Å². The number of nitrogens with one attached hydrogen (secondary N) is 1. The summed E-state index contributed by atoms with van der Waals surface area (Å²) >= 11 is 0. The molecule has 1 aromatic rings. The predicted octanol–water partition coefficient (Wildman–Crippen LogP) is -3.08. The van der Waals surface area contributed by atoms with E-state index in [-0.39, 0.29) is 52.8 Å². The van der Waals surface area contributed by atoms with Crippen LogP contribution in [0.3, 0.4) is 0 Å². The number of hydrogen-bond acceptors (Lipinski definition) is 2. The zero-order chi connectivity index (χ0) is 3.54. The number of nitrogens with zero attached hydrogens (tertiary/aromatic N) is 2. The van der Waals surface area contributed by atoms with Gasteiger partial charge in [-0.3, -0.25) is 0 Å². The zero-order valence-electron chi connectivity index (χ0n) is 4.55. The van der Waals surface area contributed by atoms with Crippen LogP contribution < -0.4 is 51.4 Å². The predicted molar refractivity (Wildman–Crippen MR) is 17.5 cm³/mol. The summed E-state index contributed by atoms with van der Waals surface area (Å²) < 4.78 is 0. The summed E-state index contributed by atoms with van der Waals surface area (Å²) in [5, 5.41) is 9.33. The standard InChI is InChI=1S/C2H3N3.K.H/c1-2-4-5-3-1;;/h1-2H,(H,3,4,5);;/q;+1;-1. The fraction of sp³-hybridized carbons (Fsp3) is 0. The summed E-state index contributed by atoms with van der Waals surface area (Å²) in [5.41, 5.74) is 0. The van der Waals surface area contributed by atoms with Crippen molar-refractivity contribution in [1.29, 1.82) is 0 Å². The first kappa shape index (κ1) is 6.78. The molecule has 0 saturated carbocycles. The van der Waals surface area contributed by atoms with Crippen molar-refractivity contribution in [3.8, 4) is 0 Å². The third kappa shape index (κ3) is 2.04. The average molecular weight is 109 g/mol. The van der Waals surface area contributed by atoms with Gasteiger partial charge in [0, 0.05) is 0 Å². The molecular formula is C2H4KN3. The van der Waals surface area contributed by atoms with Gasteiger partial charge in [0.15, 0.2) is 0 Å². The molecule has 1 heterocycles. The molecule has 6 heavy (non-hydrogen) atoms. The van der Waals surface area contributed by atoms with Crippen LogP contribution in [-0.2, 0) is 0 Å². The van der Waals surface area contributed by atoms with Crippen LogP contribution in [0.1, 0.15) is 1.43 Å². The molecule has 0 atom stereocenters. The molecule has 1 rings (SSSR count). The summed E-state index contributed by atoms with van der Waals surface area (Å²) in [4.78, 5) is 0. The molecule has 28 valence electrons. The maximum absolute atomic E-state index is 3.49. The third-order valence-corrected chi connectivity index (χ3v) is 0.331. The molecule has 0 aromatic carbocycles. The third-order valence-electron chi connectivity index (χ3n) is 0.331. The molecule has 0 unspecified atom stereocenters. The first-order chi connectivity index (χ1) is 2.50. The first-order valence-electron chi connectivity index (χ1n) is 1.30. The molecule has 4 heteroatoms. The van der Waals surface area contributed by atoms with Crippen molar-refractivity contribution >= 4 is 0 Å². The Morgan fingerprint density at radius 3 is 2.00 bits per heavy atom. The van der Waals surface area contributed by atoms with Gasteiger partial charge in [0.2, 0.25) is 0 Å². The topological polar surface area (TPSA) is 41.6 Å². The van der Waals surface area contributed by atoms with E-state index in [1.165, 1.54) is 0 Å². The molecule has 0 radical (unpaired) electrons. The Kier molecular flexibility index (Phi) is 4.46. The van der Waals surface area contributed by atoms with Crippen molar-refractivity contribution in [2.45, 2.75) is 0 Å². The van der Waals surface area contributed by atoms with Crippen LogP contribution in [0.2, 0.25) is 0 Å². The maximum Gasteiger partial charge on any atom is 1.00 e. The number of aromatic nitrogens is 3. The van der Waals surface area contributed by atoms with E-state index < -0.39 is 0 Å². The number of rotatable bonds is 0. The fourth-order valence-corrected chi connectivity index (χ4v) is 0.167. The van der Waals surface area contributed by atoms with E-state index in [2.05, 4.69) is 15.4 Å². The Bertz CT molecular complexity index is 69.4. The second-order valence-electron chi connectivity index (χ2n) is 0.656. The van der Waals surface area contributed by atoms with Gasteiger partial charge in [-0.1, -0.05) is 0 Å². The summed E-state index contributed by atoms with van der Waals surface area (Å²) in [6.07, 6.45) is 3.17. The van der Waals surface area contributed by atoms with E-state index in [4.69, 9.17) is 0 Å². The molecule has 0 bridgehead atoms. The van der Waals surface area contributed by atoms with Gasteiger partial charge >= 0.3 is 51.4 Å². The summed E-state index contributed by atoms with van der Waals surface area (Å²) in [6.45, 7) is 0. The molecule has 0 aliphatic carbocycles. The minimum absolute atomic E-state index is 0. The van der Waals surface area contributed by atoms with Crippen LogP contribution in [-0.4, -0.2) is 15.4 Å². The van der Waals surface area contributed by atoms with Crippen molar-refractivity contribution in [3.63, 3.8) is 0 Å². The van der Waals surface area contributed by atoms with E-state index in [1.54, 1.807) is 12.4 Å². The molecular weight excluding hydrogens is 105 g/mol. The fourth-order valence-electron chi connectivity index (χ4n) is 0.167. The molecule has 1 aromatic heterocycles. The maximum atomic E-state index is 3.49. The van der Waals surface area contributed by atoms with Crippen molar-refractivity contribution in [1.82, 2.24) is 15.4 Å². The van der Waals surface area contributed by atoms with Crippen LogP contribution in [0.4, 0.5) is 0 Å². The Balaban J connectivity index is 0. The van der Waals surface area contributed by atoms with E-state index in [1.807, 2.05) is 0 Å². The van der Waals surface area contributed by atoms with Crippen LogP contribution in [0.25, 0.3) is 0 Å². The zero-order valence-corrected chi connectivity index (χ0v) is 6.67. The second kappa shape index (κ2) is 3.95. The minimum atomic E-state index is 0. The number of aromatic amines is 1. The van der Waals surface area contributed by atoms with Gasteiger partial charge in [-0.15, -0.1) is 0 Å². The van der Waals surface area contributed by atoms with Crippen LogP contribution in [0, 0.1) is 0 Å². The van der Waals surface area contributed by atoms with Crippen molar-refractivity contribution in [2.24, 2.45) is 0 Å². The summed E-state index contributed by atoms with van der Waals surface area (Å²) in [6, 6.07) is 0. The van der Waals surface area contributed by atoms with Crippen LogP contribution in [0.15, 0.2) is 12.4 Å². The molecule has 3 nitrogen and oxygen atoms in total. The van der Waals surface area contributed by atoms with Crippen molar-refractivity contribution in [2.75, 3.05) is 0 Å².